The number of H-pyrrole nitrogens is 1. The maximum Gasteiger partial charge on any atom is 0.306 e. The van der Waals surface area contributed by atoms with Crippen LogP contribution < -0.4 is 0 Å². The highest BCUT2D eigenvalue weighted by molar-refractivity contribution is 5.70. The number of rotatable bonds is 2. The summed E-state index contributed by atoms with van der Waals surface area (Å²) in [4.78, 5) is 19.4. The number of hydrogen-bond acceptors (Lipinski definition) is 2. The average Bonchev–Trinajstić information content (AvgIpc) is 3.11. The summed E-state index contributed by atoms with van der Waals surface area (Å²) in [5.41, 5.74) is 2.23. The van der Waals surface area contributed by atoms with Gasteiger partial charge in [-0.05, 0) is 43.9 Å². The number of fused-ring (bicyclic) bond motifs is 3. The Balaban J connectivity index is 1.58. The van der Waals surface area contributed by atoms with E-state index in [4.69, 9.17) is 10.1 Å². The minimum atomic E-state index is -0.665. The summed E-state index contributed by atoms with van der Waals surface area (Å²) in [6, 6.07) is 0. The molecule has 2 saturated carbocycles. The smallest absolute Gasteiger partial charge is 0.306 e. The molecule has 3 aliphatic rings. The number of aryl methyl sites for hydroxylation is 1. The van der Waals surface area contributed by atoms with Gasteiger partial charge in [0.15, 0.2) is 0 Å². The number of carboxylic acid groups (broad SMARTS) is 1. The van der Waals surface area contributed by atoms with Gasteiger partial charge >= 0.3 is 5.97 Å². The molecule has 0 aliphatic heterocycles. The Morgan fingerprint density at radius 1 is 1.26 bits per heavy atom. The van der Waals surface area contributed by atoms with Gasteiger partial charge < -0.3 is 10.1 Å². The molecular formula is C15H20N2O2. The summed E-state index contributed by atoms with van der Waals surface area (Å²) in [6.07, 6.45) is 7.64. The highest BCUT2D eigenvalue weighted by atomic mass is 16.4. The second-order valence-electron chi connectivity index (χ2n) is 6.61. The van der Waals surface area contributed by atoms with E-state index in [0.29, 0.717) is 12.3 Å². The summed E-state index contributed by atoms with van der Waals surface area (Å²) in [5, 5.41) is 9.13. The van der Waals surface area contributed by atoms with Gasteiger partial charge in [0.2, 0.25) is 0 Å². The fourth-order valence-electron chi connectivity index (χ4n) is 4.47. The van der Waals surface area contributed by atoms with E-state index < -0.39 is 5.97 Å². The Morgan fingerprint density at radius 3 is 2.84 bits per heavy atom. The minimum absolute atomic E-state index is 0.221. The first-order valence-electron chi connectivity index (χ1n) is 7.51. The largest absolute Gasteiger partial charge is 0.481 e. The summed E-state index contributed by atoms with van der Waals surface area (Å²) in [5.74, 6) is 2.63. The van der Waals surface area contributed by atoms with E-state index in [1.165, 1.54) is 25.7 Å². The molecule has 1 aromatic rings. The highest BCUT2D eigenvalue weighted by Gasteiger charge is 2.42. The lowest BCUT2D eigenvalue weighted by molar-refractivity contribution is -0.142. The van der Waals surface area contributed by atoms with Crippen molar-refractivity contribution in [2.24, 2.45) is 17.8 Å². The molecule has 2 N–H and O–H groups in total. The quantitative estimate of drug-likeness (QED) is 0.858. The third kappa shape index (κ3) is 1.80. The van der Waals surface area contributed by atoms with Crippen LogP contribution in [0.5, 0.6) is 0 Å². The molecule has 4 nitrogen and oxygen atoms in total. The third-order valence-corrected chi connectivity index (χ3v) is 5.50. The van der Waals surface area contributed by atoms with E-state index in [-0.39, 0.29) is 5.92 Å². The number of aromatic nitrogens is 2. The third-order valence-electron chi connectivity index (χ3n) is 5.50. The molecule has 19 heavy (non-hydrogen) atoms. The topological polar surface area (TPSA) is 66.0 Å². The lowest BCUT2D eigenvalue weighted by atomic mass is 9.88. The number of aromatic amines is 1. The van der Waals surface area contributed by atoms with Crippen molar-refractivity contribution in [2.45, 2.75) is 50.9 Å². The van der Waals surface area contributed by atoms with E-state index >= 15 is 0 Å². The Hall–Kier alpha value is -1.32. The van der Waals surface area contributed by atoms with Crippen molar-refractivity contribution < 1.29 is 9.90 Å². The van der Waals surface area contributed by atoms with Crippen molar-refractivity contribution in [2.75, 3.05) is 0 Å². The van der Waals surface area contributed by atoms with Gasteiger partial charge in [0.1, 0.15) is 5.82 Å². The fourth-order valence-corrected chi connectivity index (χ4v) is 4.47. The van der Waals surface area contributed by atoms with Crippen LogP contribution in [0.15, 0.2) is 0 Å². The van der Waals surface area contributed by atoms with Gasteiger partial charge in [-0.15, -0.1) is 0 Å². The van der Waals surface area contributed by atoms with Crippen LogP contribution in [-0.2, 0) is 17.6 Å². The molecule has 4 atom stereocenters. The number of nitrogens with zero attached hydrogens (tertiary/aromatic N) is 1. The first kappa shape index (κ1) is 11.5. The van der Waals surface area contributed by atoms with Crippen molar-refractivity contribution in [3.63, 3.8) is 0 Å². The van der Waals surface area contributed by atoms with Gasteiger partial charge in [-0.3, -0.25) is 4.79 Å². The lowest BCUT2D eigenvalue weighted by Crippen LogP contribution is -2.22. The number of nitrogens with one attached hydrogen (secondary N) is 1. The van der Waals surface area contributed by atoms with Crippen molar-refractivity contribution >= 4 is 5.97 Å². The van der Waals surface area contributed by atoms with E-state index in [9.17, 15) is 4.79 Å². The predicted molar refractivity (Wildman–Crippen MR) is 69.9 cm³/mol. The van der Waals surface area contributed by atoms with E-state index in [0.717, 1.165) is 41.9 Å². The molecule has 0 saturated heterocycles. The standard InChI is InChI=1S/C15H20N2O2/c18-15(19)10-3-4-12-13(7-10)17-14(16-12)11-6-8-1-2-9(11)5-8/h8-11H,1-7H2,(H,16,17)(H,18,19). The molecule has 3 aliphatic carbocycles. The van der Waals surface area contributed by atoms with E-state index in [2.05, 4.69) is 4.98 Å². The van der Waals surface area contributed by atoms with Crippen LogP contribution in [-0.4, -0.2) is 21.0 Å². The summed E-state index contributed by atoms with van der Waals surface area (Å²) < 4.78 is 0. The Labute approximate surface area is 112 Å². The molecule has 0 radical (unpaired) electrons. The molecule has 0 aromatic carbocycles. The van der Waals surface area contributed by atoms with Crippen LogP contribution in [0.4, 0.5) is 0 Å². The molecule has 1 heterocycles. The lowest BCUT2D eigenvalue weighted by Gasteiger charge is -2.19. The molecule has 2 fully saturated rings. The zero-order valence-electron chi connectivity index (χ0n) is 11.1. The zero-order chi connectivity index (χ0) is 13.0. The summed E-state index contributed by atoms with van der Waals surface area (Å²) in [7, 11) is 0. The average molecular weight is 260 g/mol. The molecule has 102 valence electrons. The van der Waals surface area contributed by atoms with Gasteiger partial charge in [-0.25, -0.2) is 4.98 Å². The van der Waals surface area contributed by atoms with Crippen molar-refractivity contribution in [1.82, 2.24) is 9.97 Å². The van der Waals surface area contributed by atoms with Crippen LogP contribution in [0.1, 0.15) is 55.2 Å². The molecule has 0 amide bonds. The number of aliphatic carboxylic acids is 1. The number of carbonyl (C=O) groups is 1. The molecule has 0 spiro atoms. The molecule has 4 rings (SSSR count). The monoisotopic (exact) mass is 260 g/mol. The molecule has 1 aromatic heterocycles. The van der Waals surface area contributed by atoms with E-state index in [1.54, 1.807) is 0 Å². The van der Waals surface area contributed by atoms with Crippen LogP contribution in [0.25, 0.3) is 0 Å². The Kier molecular flexibility index (Phi) is 2.47. The molecule has 2 bridgehead atoms. The number of carboxylic acids is 1. The molecule has 4 unspecified atom stereocenters. The van der Waals surface area contributed by atoms with Crippen molar-refractivity contribution in [3.8, 4) is 0 Å². The predicted octanol–water partition coefficient (Wildman–Crippen LogP) is 2.50. The fraction of sp³-hybridized carbons (Fsp3) is 0.733. The minimum Gasteiger partial charge on any atom is -0.481 e. The Morgan fingerprint density at radius 2 is 2.16 bits per heavy atom. The molecule has 4 heteroatoms. The maximum absolute atomic E-state index is 11.1. The Bertz CT molecular complexity index is 522. The van der Waals surface area contributed by atoms with Gasteiger partial charge in [0, 0.05) is 18.0 Å². The van der Waals surface area contributed by atoms with E-state index in [1.807, 2.05) is 0 Å². The molecular weight excluding hydrogens is 240 g/mol. The summed E-state index contributed by atoms with van der Waals surface area (Å²) >= 11 is 0. The summed E-state index contributed by atoms with van der Waals surface area (Å²) in [6.45, 7) is 0. The first-order valence-corrected chi connectivity index (χ1v) is 7.51. The van der Waals surface area contributed by atoms with Crippen LogP contribution in [0, 0.1) is 17.8 Å². The van der Waals surface area contributed by atoms with Crippen LogP contribution in [0.3, 0.4) is 0 Å². The normalized spacial score (nSPS) is 36.4. The number of hydrogen-bond donors (Lipinski definition) is 2. The second kappa shape index (κ2) is 4.09. The van der Waals surface area contributed by atoms with Gasteiger partial charge in [0.25, 0.3) is 0 Å². The SMILES string of the molecule is O=C(O)C1CCc2nc(C3CC4CCC3C4)[nH]c2C1. The van der Waals surface area contributed by atoms with Crippen LogP contribution in [0.2, 0.25) is 0 Å². The number of imidazole rings is 1. The van der Waals surface area contributed by atoms with Crippen molar-refractivity contribution in [3.05, 3.63) is 17.2 Å². The second-order valence-corrected chi connectivity index (χ2v) is 6.61. The zero-order valence-corrected chi connectivity index (χ0v) is 11.1. The highest BCUT2D eigenvalue weighted by Crippen LogP contribution is 2.52. The van der Waals surface area contributed by atoms with Crippen LogP contribution >= 0.6 is 0 Å². The maximum atomic E-state index is 11.1. The van der Waals surface area contributed by atoms with Gasteiger partial charge in [-0.1, -0.05) is 6.42 Å². The first-order chi connectivity index (χ1) is 9.20. The van der Waals surface area contributed by atoms with Gasteiger partial charge in [0.05, 0.1) is 11.6 Å². The van der Waals surface area contributed by atoms with Crippen molar-refractivity contribution in [1.29, 1.82) is 0 Å². The van der Waals surface area contributed by atoms with Gasteiger partial charge in [-0.2, -0.15) is 0 Å².